The molecule has 2 aromatic carbocycles. The van der Waals surface area contributed by atoms with Gasteiger partial charge in [0.2, 0.25) is 0 Å². The molecule has 0 aliphatic rings. The molecule has 1 aromatic heterocycles. The van der Waals surface area contributed by atoms with Crippen molar-refractivity contribution in [2.75, 3.05) is 19.0 Å². The predicted octanol–water partition coefficient (Wildman–Crippen LogP) is 4.49. The highest BCUT2D eigenvalue weighted by Crippen LogP contribution is 2.35. The van der Waals surface area contributed by atoms with Gasteiger partial charge in [0.15, 0.2) is 5.75 Å². The van der Waals surface area contributed by atoms with Gasteiger partial charge in [-0.3, -0.25) is 10.1 Å². The number of anilines is 2. The number of benzene rings is 2. The molecular formula is C18H16ClFN4O4. The fraction of sp³-hybridized carbons (Fsp3) is 0.222. The van der Waals surface area contributed by atoms with Crippen LogP contribution in [0.1, 0.15) is 6.92 Å². The first-order valence-electron chi connectivity index (χ1n) is 8.20. The molecule has 1 unspecified atom stereocenters. The van der Waals surface area contributed by atoms with Crippen molar-refractivity contribution in [3.8, 4) is 5.75 Å². The summed E-state index contributed by atoms with van der Waals surface area (Å²) in [6, 6.07) is 6.89. The van der Waals surface area contributed by atoms with Crippen molar-refractivity contribution >= 4 is 39.7 Å². The predicted molar refractivity (Wildman–Crippen MR) is 103 cm³/mol. The van der Waals surface area contributed by atoms with E-state index >= 15 is 0 Å². The van der Waals surface area contributed by atoms with E-state index in [-0.39, 0.29) is 29.2 Å². The second-order valence-electron chi connectivity index (χ2n) is 5.95. The smallest absolute Gasteiger partial charge is 0.311 e. The molecule has 28 heavy (non-hydrogen) atoms. The largest absolute Gasteiger partial charge is 0.481 e. The van der Waals surface area contributed by atoms with Crippen molar-refractivity contribution < 1.29 is 18.8 Å². The Morgan fingerprint density at radius 1 is 1.32 bits per heavy atom. The first-order valence-corrected chi connectivity index (χ1v) is 8.57. The molecule has 0 bridgehead atoms. The van der Waals surface area contributed by atoms with Gasteiger partial charge in [-0.1, -0.05) is 11.6 Å². The molecule has 3 aromatic rings. The molecular weight excluding hydrogens is 391 g/mol. The third kappa shape index (κ3) is 4.26. The molecule has 1 heterocycles. The molecule has 0 saturated heterocycles. The number of rotatable bonds is 7. The molecule has 0 saturated carbocycles. The number of nitrogens with zero attached hydrogens (tertiary/aromatic N) is 3. The number of nitro benzene ring substituents is 1. The van der Waals surface area contributed by atoms with Gasteiger partial charge in [-0.05, 0) is 25.1 Å². The van der Waals surface area contributed by atoms with Crippen LogP contribution in [0, 0.1) is 15.9 Å². The second-order valence-corrected chi connectivity index (χ2v) is 6.36. The summed E-state index contributed by atoms with van der Waals surface area (Å²) < 4.78 is 24.0. The summed E-state index contributed by atoms with van der Waals surface area (Å²) >= 11 is 5.80. The van der Waals surface area contributed by atoms with Gasteiger partial charge >= 0.3 is 5.69 Å². The highest BCUT2D eigenvalue weighted by Gasteiger charge is 2.21. The van der Waals surface area contributed by atoms with Gasteiger partial charge < -0.3 is 14.8 Å². The Kier molecular flexibility index (Phi) is 5.86. The van der Waals surface area contributed by atoms with Gasteiger partial charge in [-0.2, -0.15) is 0 Å². The SMILES string of the molecule is COCC(C)Oc1cc2ncnc(Nc3ccc(F)c(Cl)c3)c2cc1[N+](=O)[O-]. The average Bonchev–Trinajstić information content (AvgIpc) is 2.64. The molecule has 3 rings (SSSR count). The Hall–Kier alpha value is -3.04. The molecule has 146 valence electrons. The van der Waals surface area contributed by atoms with Crippen LogP contribution in [0.5, 0.6) is 5.75 Å². The summed E-state index contributed by atoms with van der Waals surface area (Å²) in [5, 5.41) is 14.9. The number of fused-ring (bicyclic) bond motifs is 1. The monoisotopic (exact) mass is 406 g/mol. The van der Waals surface area contributed by atoms with Gasteiger partial charge in [0.25, 0.3) is 0 Å². The molecule has 0 amide bonds. The minimum atomic E-state index is -0.553. The van der Waals surface area contributed by atoms with Crippen molar-refractivity contribution in [2.24, 2.45) is 0 Å². The van der Waals surface area contributed by atoms with Gasteiger partial charge in [0.05, 0.1) is 27.5 Å². The molecule has 0 aliphatic heterocycles. The molecule has 10 heteroatoms. The zero-order valence-electron chi connectivity index (χ0n) is 15.0. The van der Waals surface area contributed by atoms with E-state index in [1.54, 1.807) is 6.92 Å². The maximum absolute atomic E-state index is 13.4. The minimum absolute atomic E-state index is 0.0582. The first-order chi connectivity index (χ1) is 13.4. The average molecular weight is 407 g/mol. The van der Waals surface area contributed by atoms with E-state index in [2.05, 4.69) is 15.3 Å². The van der Waals surface area contributed by atoms with E-state index in [0.717, 1.165) is 0 Å². The third-order valence-electron chi connectivity index (χ3n) is 3.82. The summed E-state index contributed by atoms with van der Waals surface area (Å²) in [5.74, 6) is -0.161. The van der Waals surface area contributed by atoms with E-state index in [9.17, 15) is 14.5 Å². The maximum atomic E-state index is 13.4. The minimum Gasteiger partial charge on any atom is -0.481 e. The Labute approximate surface area is 164 Å². The van der Waals surface area contributed by atoms with Crippen LogP contribution in [0.25, 0.3) is 10.9 Å². The van der Waals surface area contributed by atoms with Crippen LogP contribution in [0.2, 0.25) is 5.02 Å². The zero-order valence-corrected chi connectivity index (χ0v) is 15.7. The molecule has 0 spiro atoms. The highest BCUT2D eigenvalue weighted by molar-refractivity contribution is 6.31. The molecule has 0 aliphatic carbocycles. The summed E-state index contributed by atoms with van der Waals surface area (Å²) in [5.41, 5.74) is 0.685. The van der Waals surface area contributed by atoms with E-state index in [1.165, 1.54) is 43.8 Å². The van der Waals surface area contributed by atoms with Crippen LogP contribution in [-0.2, 0) is 4.74 Å². The topological polar surface area (TPSA) is 99.4 Å². The molecule has 1 N–H and O–H groups in total. The molecule has 1 atom stereocenters. The van der Waals surface area contributed by atoms with E-state index < -0.39 is 10.7 Å². The quantitative estimate of drug-likeness (QED) is 0.455. The van der Waals surface area contributed by atoms with Crippen molar-refractivity contribution in [3.05, 3.63) is 57.6 Å². The number of hydrogen-bond acceptors (Lipinski definition) is 7. The van der Waals surface area contributed by atoms with Gasteiger partial charge in [0.1, 0.15) is 24.1 Å². The number of aromatic nitrogens is 2. The standard InChI is InChI=1S/C18H16ClFN4O4/c1-10(8-27-2)28-17-7-15-12(6-16(17)24(25)26)18(22-9-21-15)23-11-3-4-14(20)13(19)5-11/h3-7,9-10H,8H2,1-2H3,(H,21,22,23). The van der Waals surface area contributed by atoms with E-state index in [1.807, 2.05) is 0 Å². The summed E-state index contributed by atoms with van der Waals surface area (Å²) in [7, 11) is 1.52. The van der Waals surface area contributed by atoms with E-state index in [0.29, 0.717) is 22.4 Å². The number of nitrogens with one attached hydrogen (secondary N) is 1. The van der Waals surface area contributed by atoms with E-state index in [4.69, 9.17) is 21.1 Å². The van der Waals surface area contributed by atoms with Crippen molar-refractivity contribution in [2.45, 2.75) is 13.0 Å². The number of ether oxygens (including phenoxy) is 2. The lowest BCUT2D eigenvalue weighted by atomic mass is 10.2. The lowest BCUT2D eigenvalue weighted by Crippen LogP contribution is -2.18. The van der Waals surface area contributed by atoms with Gasteiger partial charge in [-0.25, -0.2) is 14.4 Å². The van der Waals surface area contributed by atoms with Crippen LogP contribution in [-0.4, -0.2) is 34.7 Å². The maximum Gasteiger partial charge on any atom is 0.311 e. The fourth-order valence-corrected chi connectivity index (χ4v) is 2.79. The lowest BCUT2D eigenvalue weighted by Gasteiger charge is -2.15. The van der Waals surface area contributed by atoms with Crippen LogP contribution >= 0.6 is 11.6 Å². The van der Waals surface area contributed by atoms with Crippen LogP contribution in [0.4, 0.5) is 21.6 Å². The first kappa shape index (κ1) is 19.7. The van der Waals surface area contributed by atoms with Gasteiger partial charge in [-0.15, -0.1) is 0 Å². The highest BCUT2D eigenvalue weighted by atomic mass is 35.5. The van der Waals surface area contributed by atoms with Gasteiger partial charge in [0, 0.05) is 24.9 Å². The number of nitro groups is 1. The summed E-state index contributed by atoms with van der Waals surface area (Å²) in [6.07, 6.45) is 0.922. The zero-order chi connectivity index (χ0) is 20.3. The molecule has 0 fully saturated rings. The number of methoxy groups -OCH3 is 1. The van der Waals surface area contributed by atoms with Crippen molar-refractivity contribution in [1.29, 1.82) is 0 Å². The van der Waals surface area contributed by atoms with Crippen molar-refractivity contribution in [1.82, 2.24) is 9.97 Å². The second kappa shape index (κ2) is 8.32. The molecule has 0 radical (unpaired) electrons. The fourth-order valence-electron chi connectivity index (χ4n) is 2.61. The summed E-state index contributed by atoms with van der Waals surface area (Å²) in [6.45, 7) is 2.01. The Bertz CT molecular complexity index is 1030. The van der Waals surface area contributed by atoms with Crippen molar-refractivity contribution in [3.63, 3.8) is 0 Å². The Morgan fingerprint density at radius 2 is 2.11 bits per heavy atom. The third-order valence-corrected chi connectivity index (χ3v) is 4.11. The lowest BCUT2D eigenvalue weighted by molar-refractivity contribution is -0.385. The molecule has 8 nitrogen and oxygen atoms in total. The number of halogens is 2. The number of hydrogen-bond donors (Lipinski definition) is 1. The van der Waals surface area contributed by atoms with Crippen LogP contribution in [0.15, 0.2) is 36.7 Å². The van der Waals surface area contributed by atoms with Crippen LogP contribution < -0.4 is 10.1 Å². The Morgan fingerprint density at radius 3 is 2.79 bits per heavy atom. The summed E-state index contributed by atoms with van der Waals surface area (Å²) in [4.78, 5) is 19.3. The normalized spacial score (nSPS) is 12.0. The van der Waals surface area contributed by atoms with Crippen LogP contribution in [0.3, 0.4) is 0 Å². The Balaban J connectivity index is 2.04.